The van der Waals surface area contributed by atoms with Gasteiger partial charge in [-0.25, -0.2) is 18.4 Å². The van der Waals surface area contributed by atoms with Gasteiger partial charge in [-0.2, -0.15) is 0 Å². The molecule has 0 saturated heterocycles. The number of halogens is 2. The lowest BCUT2D eigenvalue weighted by molar-refractivity contribution is 0.299. The summed E-state index contributed by atoms with van der Waals surface area (Å²) >= 11 is 4.57. The van der Waals surface area contributed by atoms with Crippen LogP contribution < -0.4 is 5.76 Å². The minimum absolute atomic E-state index is 0.0200. The van der Waals surface area contributed by atoms with Crippen LogP contribution in [0, 0.1) is 11.2 Å². The molecule has 0 aliphatic heterocycles. The molecule has 26 heavy (non-hydrogen) atoms. The highest BCUT2D eigenvalue weighted by Gasteiger charge is 2.28. The van der Waals surface area contributed by atoms with Gasteiger partial charge >= 0.3 is 5.76 Å². The van der Waals surface area contributed by atoms with Gasteiger partial charge < -0.3 is 0 Å². The van der Waals surface area contributed by atoms with Crippen LogP contribution in [0.1, 0.15) is 27.7 Å². The Morgan fingerprint density at radius 1 is 1.27 bits per heavy atom. The van der Waals surface area contributed by atoms with E-state index < -0.39 is 11.6 Å². The van der Waals surface area contributed by atoms with Gasteiger partial charge in [0.15, 0.2) is 10.7 Å². The molecule has 1 aromatic carbocycles. The summed E-state index contributed by atoms with van der Waals surface area (Å²) in [5.74, 6) is -1.03. The SMILES string of the molecule is CC(Sc1nonc1-c1noc(=O)n1-c1ccc(F)c(Br)c1)C(C)(C)C. The van der Waals surface area contributed by atoms with Gasteiger partial charge in [-0.15, -0.1) is 0 Å². The molecule has 7 nitrogen and oxygen atoms in total. The molecule has 3 rings (SSSR count). The number of thioether (sulfide) groups is 1. The molecular formula is C16H16BrFN4O3S. The monoisotopic (exact) mass is 442 g/mol. The van der Waals surface area contributed by atoms with Crippen molar-refractivity contribution in [1.82, 2.24) is 20.0 Å². The Hall–Kier alpha value is -1.94. The summed E-state index contributed by atoms with van der Waals surface area (Å²) < 4.78 is 24.6. The molecule has 0 saturated carbocycles. The van der Waals surface area contributed by atoms with Crippen LogP contribution in [0.2, 0.25) is 0 Å². The Morgan fingerprint density at radius 3 is 2.65 bits per heavy atom. The van der Waals surface area contributed by atoms with Crippen LogP contribution >= 0.6 is 27.7 Å². The quantitative estimate of drug-likeness (QED) is 0.556. The fourth-order valence-electron chi connectivity index (χ4n) is 1.99. The third-order valence-electron chi connectivity index (χ3n) is 3.94. The Kier molecular flexibility index (Phi) is 5.07. The Bertz CT molecular complexity index is 992. The summed E-state index contributed by atoms with van der Waals surface area (Å²) in [6, 6.07) is 4.14. The smallest absolute Gasteiger partial charge is 0.295 e. The van der Waals surface area contributed by atoms with Crippen LogP contribution in [0.4, 0.5) is 4.39 Å². The summed E-state index contributed by atoms with van der Waals surface area (Å²) in [7, 11) is 0. The highest BCUT2D eigenvalue weighted by atomic mass is 79.9. The predicted octanol–water partition coefficient (Wildman–Crippen LogP) is 4.30. The van der Waals surface area contributed by atoms with Gasteiger partial charge in [0.05, 0.1) is 10.2 Å². The van der Waals surface area contributed by atoms with E-state index in [4.69, 9.17) is 9.15 Å². The van der Waals surface area contributed by atoms with Crippen molar-refractivity contribution < 1.29 is 13.5 Å². The second-order valence-electron chi connectivity index (χ2n) is 6.75. The predicted molar refractivity (Wildman–Crippen MR) is 97.8 cm³/mol. The van der Waals surface area contributed by atoms with Gasteiger partial charge in [0.2, 0.25) is 5.82 Å². The molecule has 2 heterocycles. The van der Waals surface area contributed by atoms with Crippen molar-refractivity contribution in [2.45, 2.75) is 38.0 Å². The van der Waals surface area contributed by atoms with Crippen LogP contribution in [0.15, 0.2) is 41.6 Å². The summed E-state index contributed by atoms with van der Waals surface area (Å²) in [5, 5.41) is 12.3. The van der Waals surface area contributed by atoms with Gasteiger partial charge in [0.1, 0.15) is 5.82 Å². The molecule has 0 N–H and O–H groups in total. The normalized spacial score (nSPS) is 13.2. The molecule has 2 aromatic heterocycles. The Morgan fingerprint density at radius 2 is 2.00 bits per heavy atom. The minimum Gasteiger partial charge on any atom is -0.295 e. The van der Waals surface area contributed by atoms with E-state index in [9.17, 15) is 9.18 Å². The molecular weight excluding hydrogens is 427 g/mol. The van der Waals surface area contributed by atoms with Crippen LogP contribution in [0.3, 0.4) is 0 Å². The maximum atomic E-state index is 13.5. The van der Waals surface area contributed by atoms with E-state index in [0.717, 1.165) is 0 Å². The van der Waals surface area contributed by atoms with Crippen molar-refractivity contribution in [3.63, 3.8) is 0 Å². The zero-order valence-electron chi connectivity index (χ0n) is 14.5. The molecule has 0 amide bonds. The minimum atomic E-state index is -0.721. The van der Waals surface area contributed by atoms with E-state index in [1.54, 1.807) is 0 Å². The van der Waals surface area contributed by atoms with E-state index in [-0.39, 0.29) is 26.7 Å². The number of benzene rings is 1. The molecule has 3 aromatic rings. The number of hydrogen-bond acceptors (Lipinski definition) is 7. The van der Waals surface area contributed by atoms with Gasteiger partial charge in [-0.3, -0.25) is 4.52 Å². The van der Waals surface area contributed by atoms with E-state index >= 15 is 0 Å². The molecule has 1 unspecified atom stereocenters. The molecule has 138 valence electrons. The van der Waals surface area contributed by atoms with Crippen molar-refractivity contribution in [3.05, 3.63) is 39.0 Å². The van der Waals surface area contributed by atoms with Crippen LogP contribution in [0.5, 0.6) is 0 Å². The van der Waals surface area contributed by atoms with Crippen molar-refractivity contribution in [2.75, 3.05) is 0 Å². The number of aromatic nitrogens is 4. The first-order valence-corrected chi connectivity index (χ1v) is 9.39. The second-order valence-corrected chi connectivity index (χ2v) is 8.93. The lowest BCUT2D eigenvalue weighted by Crippen LogP contribution is -2.19. The fraction of sp³-hybridized carbons (Fsp3) is 0.375. The van der Waals surface area contributed by atoms with Crippen molar-refractivity contribution in [1.29, 1.82) is 0 Å². The van der Waals surface area contributed by atoms with E-state index in [0.29, 0.717) is 10.7 Å². The van der Waals surface area contributed by atoms with Gasteiger partial charge in [-0.1, -0.05) is 44.6 Å². The number of rotatable bonds is 4. The standard InChI is InChI=1S/C16H16BrFN4O3S/c1-8(16(2,3)4)26-14-12(19-25-21-14)13-20-24-15(23)22(13)9-5-6-11(18)10(17)7-9/h5-8H,1-4H3. The van der Waals surface area contributed by atoms with Crippen molar-refractivity contribution >= 4 is 27.7 Å². The van der Waals surface area contributed by atoms with E-state index in [1.165, 1.54) is 34.5 Å². The van der Waals surface area contributed by atoms with Gasteiger partial charge in [0.25, 0.3) is 0 Å². The van der Waals surface area contributed by atoms with E-state index in [2.05, 4.69) is 59.1 Å². The average molecular weight is 443 g/mol. The first-order chi connectivity index (χ1) is 12.2. The molecule has 0 bridgehead atoms. The maximum absolute atomic E-state index is 13.5. The molecule has 0 aliphatic carbocycles. The number of hydrogen-bond donors (Lipinski definition) is 0. The molecule has 0 aliphatic rings. The van der Waals surface area contributed by atoms with Crippen LogP contribution in [0.25, 0.3) is 17.2 Å². The number of nitrogens with zero attached hydrogens (tertiary/aromatic N) is 4. The molecule has 0 spiro atoms. The lowest BCUT2D eigenvalue weighted by atomic mass is 9.93. The molecule has 1 atom stereocenters. The first kappa shape index (κ1) is 18.8. The zero-order valence-corrected chi connectivity index (χ0v) is 16.9. The van der Waals surface area contributed by atoms with Crippen LogP contribution in [-0.4, -0.2) is 25.3 Å². The Balaban J connectivity index is 2.06. The highest BCUT2D eigenvalue weighted by molar-refractivity contribution is 9.10. The largest absolute Gasteiger partial charge is 0.446 e. The van der Waals surface area contributed by atoms with Gasteiger partial charge in [0, 0.05) is 5.25 Å². The average Bonchev–Trinajstić information content (AvgIpc) is 3.15. The highest BCUT2D eigenvalue weighted by Crippen LogP contribution is 2.37. The molecule has 0 radical (unpaired) electrons. The fourth-order valence-corrected chi connectivity index (χ4v) is 3.36. The molecule has 0 fully saturated rings. The third kappa shape index (κ3) is 3.61. The summed E-state index contributed by atoms with van der Waals surface area (Å²) in [6.45, 7) is 8.40. The maximum Gasteiger partial charge on any atom is 0.446 e. The van der Waals surface area contributed by atoms with Crippen molar-refractivity contribution in [2.24, 2.45) is 5.41 Å². The van der Waals surface area contributed by atoms with Crippen LogP contribution in [-0.2, 0) is 0 Å². The third-order valence-corrected chi connectivity index (χ3v) is 6.10. The first-order valence-electron chi connectivity index (χ1n) is 7.72. The van der Waals surface area contributed by atoms with Crippen molar-refractivity contribution in [3.8, 4) is 17.2 Å². The molecule has 10 heteroatoms. The van der Waals surface area contributed by atoms with Gasteiger partial charge in [-0.05, 0) is 49.9 Å². The Labute approximate surface area is 161 Å². The lowest BCUT2D eigenvalue weighted by Gasteiger charge is -2.25. The second kappa shape index (κ2) is 6.99. The summed E-state index contributed by atoms with van der Waals surface area (Å²) in [4.78, 5) is 12.2. The zero-order chi connectivity index (χ0) is 19.1. The van der Waals surface area contributed by atoms with E-state index in [1.807, 2.05) is 0 Å². The summed E-state index contributed by atoms with van der Waals surface area (Å²) in [5.41, 5.74) is 0.686. The topological polar surface area (TPSA) is 87.0 Å². The summed E-state index contributed by atoms with van der Waals surface area (Å²) in [6.07, 6.45) is 0.